The van der Waals surface area contributed by atoms with Crippen molar-refractivity contribution in [1.82, 2.24) is 9.80 Å². The third kappa shape index (κ3) is 4.69. The highest BCUT2D eigenvalue weighted by Gasteiger charge is 2.34. The van der Waals surface area contributed by atoms with Crippen molar-refractivity contribution in [2.24, 2.45) is 0 Å². The molecule has 26 heavy (non-hydrogen) atoms. The Balaban J connectivity index is 1.98. The first-order valence-corrected chi connectivity index (χ1v) is 8.29. The summed E-state index contributed by atoms with van der Waals surface area (Å²) in [7, 11) is 0. The van der Waals surface area contributed by atoms with E-state index in [1.165, 1.54) is 6.08 Å². The number of halogens is 4. The number of hydrogen-bond acceptors (Lipinski definition) is 3. The van der Waals surface area contributed by atoms with Crippen molar-refractivity contribution in [2.45, 2.75) is 19.0 Å². The zero-order valence-electron chi connectivity index (χ0n) is 13.9. The highest BCUT2D eigenvalue weighted by molar-refractivity contribution is 6.31. The van der Waals surface area contributed by atoms with E-state index in [0.29, 0.717) is 26.2 Å². The summed E-state index contributed by atoms with van der Waals surface area (Å²) in [6, 6.07) is 1.61. The van der Waals surface area contributed by atoms with Crippen LogP contribution in [0.2, 0.25) is 5.02 Å². The fraction of sp³-hybridized carbons (Fsp3) is 0.412. The highest BCUT2D eigenvalue weighted by atomic mass is 35.5. The minimum Gasteiger partial charge on any atom is -0.508 e. The number of alkyl halides is 3. The van der Waals surface area contributed by atoms with Crippen molar-refractivity contribution in [1.29, 1.82) is 0 Å². The van der Waals surface area contributed by atoms with Gasteiger partial charge in [0.15, 0.2) is 0 Å². The average molecular weight is 391 g/mol. The van der Waals surface area contributed by atoms with Gasteiger partial charge in [-0.15, -0.1) is 0 Å². The fourth-order valence-electron chi connectivity index (χ4n) is 2.73. The van der Waals surface area contributed by atoms with Crippen molar-refractivity contribution >= 4 is 23.4 Å². The number of phenols is 1. The van der Waals surface area contributed by atoms with E-state index in [4.69, 9.17) is 11.6 Å². The number of piperazine rings is 1. The van der Waals surface area contributed by atoms with E-state index >= 15 is 0 Å². The van der Waals surface area contributed by atoms with Crippen molar-refractivity contribution in [3.63, 3.8) is 0 Å². The van der Waals surface area contributed by atoms with Crippen molar-refractivity contribution in [3.05, 3.63) is 40.9 Å². The summed E-state index contributed by atoms with van der Waals surface area (Å²) in [5, 5.41) is 9.21. The van der Waals surface area contributed by atoms with Crippen LogP contribution in [0.1, 0.15) is 17.5 Å². The van der Waals surface area contributed by atoms with Gasteiger partial charge in [-0.25, -0.2) is 0 Å². The predicted octanol–water partition coefficient (Wildman–Crippen LogP) is 2.85. The number of carbonyl (C=O) groups excluding carboxylic acids is 2. The Bertz CT molecular complexity index is 714. The van der Waals surface area contributed by atoms with Gasteiger partial charge in [0, 0.05) is 32.6 Å². The molecule has 1 aliphatic heterocycles. The molecule has 1 saturated heterocycles. The number of nitrogens with zero attached hydrogens (tertiary/aromatic N) is 2. The molecule has 1 aromatic rings. The Hall–Kier alpha value is -2.22. The molecule has 0 atom stereocenters. The maximum atomic E-state index is 12.9. The second-order valence-corrected chi connectivity index (χ2v) is 6.28. The molecule has 2 amide bonds. The number of amides is 2. The molecule has 0 radical (unpaired) electrons. The van der Waals surface area contributed by atoms with Gasteiger partial charge < -0.3 is 14.9 Å². The maximum absolute atomic E-state index is 12.9. The second kappa shape index (κ2) is 7.99. The molecular formula is C17H18ClF3N2O3. The third-order valence-corrected chi connectivity index (χ3v) is 4.51. The quantitative estimate of drug-likeness (QED) is 0.804. The van der Waals surface area contributed by atoms with Crippen LogP contribution < -0.4 is 0 Å². The molecule has 0 aromatic heterocycles. The summed E-state index contributed by atoms with van der Waals surface area (Å²) >= 11 is 5.53. The summed E-state index contributed by atoms with van der Waals surface area (Å²) in [5.74, 6) is -0.835. The standard InChI is InChI=1S/C17H18ClF3N2O3/c1-2-15(25)22-5-7-23(8-6-22)16(26)4-3-11-9-12(17(19,20)21)13(18)10-14(11)24/h2,9-10,24H,1,3-8H2. The summed E-state index contributed by atoms with van der Waals surface area (Å²) in [4.78, 5) is 26.9. The van der Waals surface area contributed by atoms with Crippen molar-refractivity contribution in [3.8, 4) is 5.75 Å². The lowest BCUT2D eigenvalue weighted by Crippen LogP contribution is -2.50. The molecule has 0 bridgehead atoms. The Morgan fingerprint density at radius 1 is 1.19 bits per heavy atom. The SMILES string of the molecule is C=CC(=O)N1CCN(C(=O)CCc2cc(C(F)(F)F)c(Cl)cc2O)CC1. The molecule has 1 aliphatic rings. The Morgan fingerprint density at radius 2 is 1.77 bits per heavy atom. The number of aryl methyl sites for hydroxylation is 1. The van der Waals surface area contributed by atoms with Crippen molar-refractivity contribution < 1.29 is 27.9 Å². The lowest BCUT2D eigenvalue weighted by atomic mass is 10.0. The van der Waals surface area contributed by atoms with E-state index in [-0.39, 0.29) is 36.0 Å². The van der Waals surface area contributed by atoms with Gasteiger partial charge >= 0.3 is 6.18 Å². The van der Waals surface area contributed by atoms with Crippen LogP contribution in [0.3, 0.4) is 0 Å². The molecule has 5 nitrogen and oxygen atoms in total. The van der Waals surface area contributed by atoms with Crippen LogP contribution in [0, 0.1) is 0 Å². The minimum atomic E-state index is -4.64. The molecular weight excluding hydrogens is 373 g/mol. The lowest BCUT2D eigenvalue weighted by Gasteiger charge is -2.34. The zero-order valence-corrected chi connectivity index (χ0v) is 14.6. The zero-order chi connectivity index (χ0) is 19.5. The molecule has 1 heterocycles. The molecule has 0 aliphatic carbocycles. The number of aromatic hydroxyl groups is 1. The largest absolute Gasteiger partial charge is 0.508 e. The van der Waals surface area contributed by atoms with Gasteiger partial charge in [0.05, 0.1) is 10.6 Å². The van der Waals surface area contributed by atoms with E-state index in [1.807, 2.05) is 0 Å². The number of benzene rings is 1. The van der Waals surface area contributed by atoms with Gasteiger partial charge in [0.25, 0.3) is 0 Å². The first kappa shape index (κ1) is 20.1. The highest BCUT2D eigenvalue weighted by Crippen LogP contribution is 2.38. The van der Waals surface area contributed by atoms with Crippen LogP contribution in [-0.4, -0.2) is 52.9 Å². The molecule has 0 saturated carbocycles. The summed E-state index contributed by atoms with van der Waals surface area (Å²) in [5.41, 5.74) is -1.04. The van der Waals surface area contributed by atoms with Crippen molar-refractivity contribution in [2.75, 3.05) is 26.2 Å². The van der Waals surface area contributed by atoms with Crippen LogP contribution in [0.4, 0.5) is 13.2 Å². The number of rotatable bonds is 4. The minimum absolute atomic E-state index is 0.00976. The number of carbonyl (C=O) groups is 2. The van der Waals surface area contributed by atoms with Crippen LogP contribution in [0.15, 0.2) is 24.8 Å². The lowest BCUT2D eigenvalue weighted by molar-refractivity contribution is -0.137. The van der Waals surface area contributed by atoms with E-state index in [9.17, 15) is 27.9 Å². The average Bonchev–Trinajstić information content (AvgIpc) is 2.59. The monoisotopic (exact) mass is 390 g/mol. The molecule has 0 spiro atoms. The Labute approximate surface area is 153 Å². The third-order valence-electron chi connectivity index (χ3n) is 4.20. The molecule has 0 unspecified atom stereocenters. The van der Waals surface area contributed by atoms with Crippen LogP contribution in [-0.2, 0) is 22.2 Å². The van der Waals surface area contributed by atoms with E-state index < -0.39 is 16.8 Å². The van der Waals surface area contributed by atoms with Crippen LogP contribution in [0.25, 0.3) is 0 Å². The molecule has 1 fully saturated rings. The maximum Gasteiger partial charge on any atom is 0.417 e. The predicted molar refractivity (Wildman–Crippen MR) is 89.8 cm³/mol. The molecule has 142 valence electrons. The fourth-order valence-corrected chi connectivity index (χ4v) is 3.00. The molecule has 9 heteroatoms. The number of phenolic OH excluding ortho intramolecular Hbond substituents is 1. The molecule has 1 N–H and O–H groups in total. The first-order valence-electron chi connectivity index (χ1n) is 7.91. The molecule has 1 aromatic carbocycles. The Morgan fingerprint density at radius 3 is 2.31 bits per heavy atom. The van der Waals surface area contributed by atoms with Gasteiger partial charge in [-0.3, -0.25) is 9.59 Å². The summed E-state index contributed by atoms with van der Waals surface area (Å²) in [6.45, 7) is 4.85. The van der Waals surface area contributed by atoms with Gasteiger partial charge in [0.1, 0.15) is 5.75 Å². The summed E-state index contributed by atoms with van der Waals surface area (Å²) < 4.78 is 38.7. The first-order chi connectivity index (χ1) is 12.1. The second-order valence-electron chi connectivity index (χ2n) is 5.87. The normalized spacial score (nSPS) is 15.1. The van der Waals surface area contributed by atoms with E-state index in [0.717, 1.165) is 12.1 Å². The van der Waals surface area contributed by atoms with Gasteiger partial charge in [-0.2, -0.15) is 13.2 Å². The van der Waals surface area contributed by atoms with E-state index in [2.05, 4.69) is 6.58 Å². The summed E-state index contributed by atoms with van der Waals surface area (Å²) in [6.07, 6.45) is -3.53. The van der Waals surface area contributed by atoms with Crippen LogP contribution in [0.5, 0.6) is 5.75 Å². The van der Waals surface area contributed by atoms with Gasteiger partial charge in [-0.05, 0) is 30.2 Å². The van der Waals surface area contributed by atoms with E-state index in [1.54, 1.807) is 9.80 Å². The molecule has 2 rings (SSSR count). The number of hydrogen-bond donors (Lipinski definition) is 1. The topological polar surface area (TPSA) is 60.9 Å². The van der Waals surface area contributed by atoms with Crippen LogP contribution >= 0.6 is 11.6 Å². The van der Waals surface area contributed by atoms with Gasteiger partial charge in [0.2, 0.25) is 11.8 Å². The van der Waals surface area contributed by atoms with Gasteiger partial charge in [-0.1, -0.05) is 18.2 Å². The Kier molecular flexibility index (Phi) is 6.17. The smallest absolute Gasteiger partial charge is 0.417 e.